The van der Waals surface area contributed by atoms with Crippen molar-refractivity contribution < 1.29 is 9.47 Å². The van der Waals surface area contributed by atoms with Gasteiger partial charge in [-0.1, -0.05) is 19.3 Å². The van der Waals surface area contributed by atoms with Crippen LogP contribution in [-0.4, -0.2) is 115 Å². The predicted octanol–water partition coefficient (Wildman–Crippen LogP) is 2.75. The summed E-state index contributed by atoms with van der Waals surface area (Å²) in [7, 11) is 0. The number of piperidine rings is 1. The van der Waals surface area contributed by atoms with Crippen LogP contribution in [0.4, 0.5) is 0 Å². The monoisotopic (exact) mass is 607 g/mol. The van der Waals surface area contributed by atoms with Crippen molar-refractivity contribution in [2.24, 2.45) is 0 Å². The van der Waals surface area contributed by atoms with Gasteiger partial charge in [0.25, 0.3) is 0 Å². The van der Waals surface area contributed by atoms with E-state index in [9.17, 15) is 0 Å². The lowest BCUT2D eigenvalue weighted by Crippen LogP contribution is -2.26. The molecular formula is C29H65N7O2S2. The number of rotatable bonds is 0. The van der Waals surface area contributed by atoms with Gasteiger partial charge in [-0.25, -0.2) is 0 Å². The van der Waals surface area contributed by atoms with Gasteiger partial charge in [-0.2, -0.15) is 0 Å². The summed E-state index contributed by atoms with van der Waals surface area (Å²) in [5, 5.41) is 22.3. The minimum Gasteiger partial charge on any atom is -0.366 e. The van der Waals surface area contributed by atoms with Crippen LogP contribution in [0.15, 0.2) is 0 Å². The average molecular weight is 608 g/mol. The fourth-order valence-electron chi connectivity index (χ4n) is 4.16. The molecule has 0 saturated carbocycles. The Bertz CT molecular complexity index is 321. The fraction of sp³-hybridized carbons (Fsp3) is 1.00. The molecule has 0 unspecified atom stereocenters. The van der Waals surface area contributed by atoms with E-state index in [1.807, 2.05) is 23.5 Å². The fourth-order valence-corrected chi connectivity index (χ4v) is 5.66. The van der Waals surface area contributed by atoms with E-state index < -0.39 is 0 Å². The summed E-state index contributed by atoms with van der Waals surface area (Å²) in [5.74, 6) is 4.99. The second-order valence-corrected chi connectivity index (χ2v) is 12.6. The summed E-state index contributed by atoms with van der Waals surface area (Å²) >= 11 is 3.95. The lowest BCUT2D eigenvalue weighted by molar-refractivity contribution is 0.0848. The molecule has 7 aliphatic rings. The molecule has 11 heteroatoms. The summed E-state index contributed by atoms with van der Waals surface area (Å²) in [6.07, 6.45) is 15.2. The van der Waals surface area contributed by atoms with Crippen LogP contribution in [0.25, 0.3) is 0 Å². The second-order valence-electron chi connectivity index (χ2n) is 10.3. The second kappa shape index (κ2) is 35.5. The zero-order valence-electron chi connectivity index (χ0n) is 25.6. The molecular weight excluding hydrogens is 543 g/mol. The third kappa shape index (κ3) is 32.8. The number of hydrogen-bond acceptors (Lipinski definition) is 11. The van der Waals surface area contributed by atoms with Crippen LogP contribution >= 0.6 is 23.5 Å². The molecule has 0 aromatic rings. The van der Waals surface area contributed by atoms with Gasteiger partial charge in [0.2, 0.25) is 0 Å². The van der Waals surface area contributed by atoms with Gasteiger partial charge >= 0.3 is 0 Å². The van der Waals surface area contributed by atoms with Gasteiger partial charge in [0.05, 0.1) is 20.1 Å². The van der Waals surface area contributed by atoms with Crippen molar-refractivity contribution >= 4 is 23.5 Å². The van der Waals surface area contributed by atoms with Crippen molar-refractivity contribution in [2.45, 2.75) is 70.6 Å². The average Bonchev–Trinajstić information content (AvgIpc) is 3.88. The maximum Gasteiger partial charge on any atom is 0.0966 e. The molecule has 0 aliphatic carbocycles. The van der Waals surface area contributed by atoms with Crippen LogP contribution < -0.4 is 37.2 Å². The van der Waals surface area contributed by atoms with E-state index in [1.165, 1.54) is 146 Å². The first kappa shape index (κ1) is 38.4. The van der Waals surface area contributed by atoms with E-state index >= 15 is 0 Å². The maximum absolute atomic E-state index is 4.96. The van der Waals surface area contributed by atoms with E-state index in [4.69, 9.17) is 9.47 Å². The number of thioether (sulfide) groups is 2. The highest BCUT2D eigenvalue weighted by atomic mass is 32.2. The minimum atomic E-state index is 0.750. The summed E-state index contributed by atoms with van der Waals surface area (Å²) in [6, 6.07) is 0. The largest absolute Gasteiger partial charge is 0.366 e. The molecule has 0 spiro atoms. The van der Waals surface area contributed by atoms with Gasteiger partial charge in [-0.15, -0.1) is 23.5 Å². The SMILES string of the molecule is C1CCCNCC1.C1CCNC1.C1CCNCC1.C1CNCOC1.C1CNCSC1.C1COCN1.C1CSCN1. The Balaban J connectivity index is 0.000000234. The summed E-state index contributed by atoms with van der Waals surface area (Å²) in [6.45, 7) is 15.4. The maximum atomic E-state index is 4.96. The molecule has 0 atom stereocenters. The van der Waals surface area contributed by atoms with E-state index in [-0.39, 0.29) is 0 Å². The molecule has 0 radical (unpaired) electrons. The molecule has 0 aromatic heterocycles. The van der Waals surface area contributed by atoms with E-state index in [0.29, 0.717) is 0 Å². The Morgan fingerprint density at radius 1 is 0.325 bits per heavy atom. The quantitative estimate of drug-likeness (QED) is 0.221. The molecule has 0 aromatic carbocycles. The molecule has 0 bridgehead atoms. The molecule has 40 heavy (non-hydrogen) atoms. The first-order valence-corrected chi connectivity index (χ1v) is 18.6. The van der Waals surface area contributed by atoms with Crippen molar-refractivity contribution in [1.82, 2.24) is 37.2 Å². The molecule has 240 valence electrons. The van der Waals surface area contributed by atoms with Gasteiger partial charge < -0.3 is 36.1 Å². The Morgan fingerprint density at radius 2 is 0.775 bits per heavy atom. The van der Waals surface area contributed by atoms with Crippen molar-refractivity contribution in [3.8, 4) is 0 Å². The third-order valence-electron chi connectivity index (χ3n) is 6.57. The van der Waals surface area contributed by atoms with Gasteiger partial charge in [0, 0.05) is 37.2 Å². The molecule has 7 heterocycles. The molecule has 7 saturated heterocycles. The van der Waals surface area contributed by atoms with Gasteiger partial charge in [-0.05, 0) is 109 Å². The predicted molar refractivity (Wildman–Crippen MR) is 178 cm³/mol. The van der Waals surface area contributed by atoms with Gasteiger partial charge in [0.15, 0.2) is 0 Å². The molecule has 7 fully saturated rings. The zero-order valence-corrected chi connectivity index (χ0v) is 27.3. The highest BCUT2D eigenvalue weighted by molar-refractivity contribution is 7.99. The molecule has 9 nitrogen and oxygen atoms in total. The molecule has 0 amide bonds. The van der Waals surface area contributed by atoms with Crippen LogP contribution in [0.1, 0.15) is 70.6 Å². The van der Waals surface area contributed by atoms with Crippen LogP contribution in [0.2, 0.25) is 0 Å². The Kier molecular flexibility index (Phi) is 34.1. The van der Waals surface area contributed by atoms with Crippen LogP contribution in [0, 0.1) is 0 Å². The number of hydrogen-bond donors (Lipinski definition) is 7. The van der Waals surface area contributed by atoms with Crippen LogP contribution in [0.5, 0.6) is 0 Å². The van der Waals surface area contributed by atoms with Gasteiger partial charge in [0.1, 0.15) is 0 Å². The molecule has 7 N–H and O–H groups in total. The zero-order chi connectivity index (χ0) is 28.3. The normalized spacial score (nSPS) is 24.0. The van der Waals surface area contributed by atoms with Crippen molar-refractivity contribution in [3.63, 3.8) is 0 Å². The summed E-state index contributed by atoms with van der Waals surface area (Å²) in [4.78, 5) is 0. The lowest BCUT2D eigenvalue weighted by Gasteiger charge is -2.10. The first-order chi connectivity index (χ1) is 20.0. The topological polar surface area (TPSA) is 103 Å². The number of nitrogens with one attached hydrogen (secondary N) is 7. The standard InChI is InChI=1S/C6H13N.C5H11N.C4H9NO.C4H9NS.C4H9N.C3H7NO.C3H7NS/c1-2-4-6-7-5-3-1;1-2-4-6-5-3-1;2*1-2-5-4-6-3-1;1-2-4-5-3-1;2*1-2-5-3-4-1/h7H,1-6H2;6H,1-5H2;2*5H,1-4H2;5H,1-4H2;2*4H,1-3H2. The summed E-state index contributed by atoms with van der Waals surface area (Å²) in [5.41, 5.74) is 0. The first-order valence-electron chi connectivity index (χ1n) is 16.3. The minimum absolute atomic E-state index is 0.750. The number of ether oxygens (including phenoxy) is 2. The molecule has 7 aliphatic heterocycles. The lowest BCUT2D eigenvalue weighted by atomic mass is 10.2. The van der Waals surface area contributed by atoms with Crippen molar-refractivity contribution in [1.29, 1.82) is 0 Å². The van der Waals surface area contributed by atoms with Gasteiger partial charge in [-0.3, -0.25) is 10.6 Å². The van der Waals surface area contributed by atoms with E-state index in [2.05, 4.69) is 37.2 Å². The van der Waals surface area contributed by atoms with Crippen molar-refractivity contribution in [2.75, 3.05) is 115 Å². The Hall–Kier alpha value is 0.340. The third-order valence-corrected chi connectivity index (χ3v) is 8.46. The Morgan fingerprint density at radius 3 is 1.00 bits per heavy atom. The van der Waals surface area contributed by atoms with Crippen molar-refractivity contribution in [3.05, 3.63) is 0 Å². The van der Waals surface area contributed by atoms with Crippen LogP contribution in [0.3, 0.4) is 0 Å². The Labute approximate surface area is 255 Å². The highest BCUT2D eigenvalue weighted by Gasteiger charge is 1.96. The smallest absolute Gasteiger partial charge is 0.0966 e. The highest BCUT2D eigenvalue weighted by Crippen LogP contribution is 2.03. The molecule has 7 rings (SSSR count). The van der Waals surface area contributed by atoms with E-state index in [1.54, 1.807) is 0 Å². The van der Waals surface area contributed by atoms with Crippen LogP contribution in [-0.2, 0) is 9.47 Å². The van der Waals surface area contributed by atoms with E-state index in [0.717, 1.165) is 39.8 Å². The summed E-state index contributed by atoms with van der Waals surface area (Å²) < 4.78 is 9.79.